The number of hydrogen-bond acceptors (Lipinski definition) is 2. The summed E-state index contributed by atoms with van der Waals surface area (Å²) in [6.07, 6.45) is 0. The molecule has 32 heavy (non-hydrogen) atoms. The van der Waals surface area contributed by atoms with Crippen molar-refractivity contribution in [2.24, 2.45) is 0 Å². The molecule has 5 rings (SSSR count). The summed E-state index contributed by atoms with van der Waals surface area (Å²) < 4.78 is 1.84. The lowest BCUT2D eigenvalue weighted by molar-refractivity contribution is 0.102. The van der Waals surface area contributed by atoms with Gasteiger partial charge in [0, 0.05) is 11.3 Å². The van der Waals surface area contributed by atoms with Crippen molar-refractivity contribution in [1.29, 1.82) is 0 Å². The average Bonchev–Trinajstić information content (AvgIpc) is 3.25. The van der Waals surface area contributed by atoms with Crippen molar-refractivity contribution < 1.29 is 4.79 Å². The molecular weight excluding hydrogens is 394 g/mol. The van der Waals surface area contributed by atoms with Gasteiger partial charge in [-0.1, -0.05) is 66.2 Å². The standard InChI is InChI=1S/C28H23N3O/c1-19-10-14-25(15-11-19)31-27(23-13-12-21-7-3-4-8-22(21)17-23)18-26(30-31)28(32)29-24-9-5-6-20(2)16-24/h3-18H,1-2H3,(H,29,32). The Kier molecular flexibility index (Phi) is 5.04. The zero-order valence-corrected chi connectivity index (χ0v) is 18.0. The van der Waals surface area contributed by atoms with Crippen molar-refractivity contribution >= 4 is 22.4 Å². The number of aryl methyl sites for hydroxylation is 2. The number of amides is 1. The van der Waals surface area contributed by atoms with E-state index in [1.54, 1.807) is 0 Å². The van der Waals surface area contributed by atoms with E-state index < -0.39 is 0 Å². The van der Waals surface area contributed by atoms with E-state index in [2.05, 4.69) is 47.7 Å². The Morgan fingerprint density at radius 2 is 1.53 bits per heavy atom. The Balaban J connectivity index is 1.60. The molecule has 0 aliphatic rings. The predicted molar refractivity (Wildman–Crippen MR) is 130 cm³/mol. The number of fused-ring (bicyclic) bond motifs is 1. The van der Waals surface area contributed by atoms with Crippen molar-refractivity contribution in [1.82, 2.24) is 9.78 Å². The van der Waals surface area contributed by atoms with E-state index in [4.69, 9.17) is 0 Å². The molecule has 0 aliphatic heterocycles. The van der Waals surface area contributed by atoms with E-state index in [0.29, 0.717) is 5.69 Å². The number of anilines is 1. The normalized spacial score (nSPS) is 10.9. The van der Waals surface area contributed by atoms with Gasteiger partial charge >= 0.3 is 0 Å². The van der Waals surface area contributed by atoms with E-state index in [1.165, 1.54) is 10.9 Å². The number of rotatable bonds is 4. The van der Waals surface area contributed by atoms with Crippen LogP contribution in [0, 0.1) is 13.8 Å². The van der Waals surface area contributed by atoms with Crippen LogP contribution in [0.25, 0.3) is 27.7 Å². The molecule has 5 aromatic rings. The zero-order chi connectivity index (χ0) is 22.1. The number of carbonyl (C=O) groups is 1. The minimum atomic E-state index is -0.233. The summed E-state index contributed by atoms with van der Waals surface area (Å²) in [4.78, 5) is 13.0. The van der Waals surface area contributed by atoms with Crippen LogP contribution >= 0.6 is 0 Å². The van der Waals surface area contributed by atoms with Crippen LogP contribution in [0.15, 0.2) is 97.1 Å². The molecule has 4 nitrogen and oxygen atoms in total. The summed E-state index contributed by atoms with van der Waals surface area (Å²) in [5.41, 5.74) is 6.17. The first-order valence-electron chi connectivity index (χ1n) is 10.6. The molecule has 0 spiro atoms. The molecule has 1 N–H and O–H groups in total. The molecule has 0 radical (unpaired) electrons. The van der Waals surface area contributed by atoms with Gasteiger partial charge in [-0.3, -0.25) is 4.79 Å². The van der Waals surface area contributed by atoms with Gasteiger partial charge in [0.1, 0.15) is 0 Å². The Morgan fingerprint density at radius 1 is 0.750 bits per heavy atom. The molecule has 0 aliphatic carbocycles. The lowest BCUT2D eigenvalue weighted by Gasteiger charge is -2.09. The first kappa shape index (κ1) is 19.8. The summed E-state index contributed by atoms with van der Waals surface area (Å²) in [5, 5.41) is 9.98. The fourth-order valence-corrected chi connectivity index (χ4v) is 3.85. The van der Waals surface area contributed by atoms with Crippen molar-refractivity contribution in [3.63, 3.8) is 0 Å². The van der Waals surface area contributed by atoms with Gasteiger partial charge in [0.2, 0.25) is 0 Å². The molecule has 0 bridgehead atoms. The number of benzene rings is 4. The van der Waals surface area contributed by atoms with Gasteiger partial charge in [0.25, 0.3) is 5.91 Å². The summed E-state index contributed by atoms with van der Waals surface area (Å²) in [6, 6.07) is 32.3. The highest BCUT2D eigenvalue weighted by atomic mass is 16.1. The van der Waals surface area contributed by atoms with E-state index in [9.17, 15) is 4.79 Å². The van der Waals surface area contributed by atoms with E-state index in [1.807, 2.05) is 78.3 Å². The van der Waals surface area contributed by atoms with Crippen LogP contribution in [-0.4, -0.2) is 15.7 Å². The number of nitrogens with one attached hydrogen (secondary N) is 1. The van der Waals surface area contributed by atoms with Crippen molar-refractivity contribution in [3.05, 3.63) is 114 Å². The minimum absolute atomic E-state index is 0.233. The third kappa shape index (κ3) is 3.91. The third-order valence-electron chi connectivity index (χ3n) is 5.54. The van der Waals surface area contributed by atoms with Gasteiger partial charge in [-0.25, -0.2) is 4.68 Å². The quantitative estimate of drug-likeness (QED) is 0.360. The van der Waals surface area contributed by atoms with E-state index in [0.717, 1.165) is 33.6 Å². The van der Waals surface area contributed by atoms with Crippen LogP contribution in [0.5, 0.6) is 0 Å². The third-order valence-corrected chi connectivity index (χ3v) is 5.54. The van der Waals surface area contributed by atoms with E-state index in [-0.39, 0.29) is 5.91 Å². The largest absolute Gasteiger partial charge is 0.321 e. The first-order valence-corrected chi connectivity index (χ1v) is 10.6. The Hall–Kier alpha value is -4.18. The summed E-state index contributed by atoms with van der Waals surface area (Å²) >= 11 is 0. The van der Waals surface area contributed by atoms with Crippen LogP contribution in [0.2, 0.25) is 0 Å². The number of aromatic nitrogens is 2. The lowest BCUT2D eigenvalue weighted by atomic mass is 10.0. The molecule has 1 aromatic heterocycles. The fraction of sp³-hybridized carbons (Fsp3) is 0.0714. The molecule has 4 heteroatoms. The lowest BCUT2D eigenvalue weighted by Crippen LogP contribution is -2.13. The molecule has 4 aromatic carbocycles. The molecule has 0 atom stereocenters. The molecular formula is C28H23N3O. The van der Waals surface area contributed by atoms with Crippen LogP contribution in [0.4, 0.5) is 5.69 Å². The molecule has 0 saturated heterocycles. The number of nitrogens with zero attached hydrogens (tertiary/aromatic N) is 2. The smallest absolute Gasteiger partial charge is 0.276 e. The monoisotopic (exact) mass is 417 g/mol. The van der Waals surface area contributed by atoms with Crippen molar-refractivity contribution in [2.75, 3.05) is 5.32 Å². The second-order valence-corrected chi connectivity index (χ2v) is 8.05. The molecule has 156 valence electrons. The topological polar surface area (TPSA) is 46.9 Å². The first-order chi connectivity index (χ1) is 15.6. The highest BCUT2D eigenvalue weighted by molar-refractivity contribution is 6.03. The van der Waals surface area contributed by atoms with Crippen LogP contribution < -0.4 is 5.32 Å². The highest BCUT2D eigenvalue weighted by Gasteiger charge is 2.17. The van der Waals surface area contributed by atoms with Gasteiger partial charge in [-0.05, 0) is 66.6 Å². The second-order valence-electron chi connectivity index (χ2n) is 8.05. The molecule has 0 saturated carbocycles. The second kappa shape index (κ2) is 8.16. The highest BCUT2D eigenvalue weighted by Crippen LogP contribution is 2.28. The van der Waals surface area contributed by atoms with Gasteiger partial charge < -0.3 is 5.32 Å². The van der Waals surface area contributed by atoms with Gasteiger partial charge in [0.15, 0.2) is 5.69 Å². The van der Waals surface area contributed by atoms with Crippen molar-refractivity contribution in [2.45, 2.75) is 13.8 Å². The van der Waals surface area contributed by atoms with Crippen LogP contribution in [-0.2, 0) is 0 Å². The Bertz CT molecular complexity index is 1430. The Labute approximate surface area is 187 Å². The summed E-state index contributed by atoms with van der Waals surface area (Å²) in [6.45, 7) is 4.05. The Morgan fingerprint density at radius 3 is 2.31 bits per heavy atom. The predicted octanol–water partition coefficient (Wildman–Crippen LogP) is 6.56. The van der Waals surface area contributed by atoms with Crippen molar-refractivity contribution in [3.8, 4) is 16.9 Å². The van der Waals surface area contributed by atoms with Crippen LogP contribution in [0.1, 0.15) is 21.6 Å². The molecule has 0 fully saturated rings. The van der Waals surface area contributed by atoms with Gasteiger partial charge in [-0.15, -0.1) is 0 Å². The minimum Gasteiger partial charge on any atom is -0.321 e. The molecule has 1 amide bonds. The zero-order valence-electron chi connectivity index (χ0n) is 18.0. The summed E-state index contributed by atoms with van der Waals surface area (Å²) in [5.74, 6) is -0.233. The molecule has 0 unspecified atom stereocenters. The van der Waals surface area contributed by atoms with Gasteiger partial charge in [-0.2, -0.15) is 5.10 Å². The number of carbonyl (C=O) groups excluding carboxylic acids is 1. The van der Waals surface area contributed by atoms with E-state index >= 15 is 0 Å². The average molecular weight is 418 g/mol. The fourth-order valence-electron chi connectivity index (χ4n) is 3.85. The maximum absolute atomic E-state index is 13.0. The SMILES string of the molecule is Cc1ccc(-n2nc(C(=O)Nc3cccc(C)c3)cc2-c2ccc3ccccc3c2)cc1. The van der Waals surface area contributed by atoms with Gasteiger partial charge in [0.05, 0.1) is 11.4 Å². The summed E-state index contributed by atoms with van der Waals surface area (Å²) in [7, 11) is 0. The van der Waals surface area contributed by atoms with Crippen LogP contribution in [0.3, 0.4) is 0 Å². The maximum Gasteiger partial charge on any atom is 0.276 e. The molecule has 1 heterocycles. The number of hydrogen-bond donors (Lipinski definition) is 1. The maximum atomic E-state index is 13.0.